The Morgan fingerprint density at radius 2 is 2.07 bits per heavy atom. The Morgan fingerprint density at radius 3 is 2.57 bits per heavy atom. The Morgan fingerprint density at radius 1 is 1.43 bits per heavy atom. The van der Waals surface area contributed by atoms with Crippen LogP contribution >= 0.6 is 0 Å². The number of carbonyl (C=O) groups is 1. The van der Waals surface area contributed by atoms with Gasteiger partial charge in [0.1, 0.15) is 25.7 Å². The molecule has 7 nitrogen and oxygen atoms in total. The zero-order valence-corrected chi connectivity index (χ0v) is 7.20. The van der Waals surface area contributed by atoms with Gasteiger partial charge in [-0.1, -0.05) is 0 Å². The molecule has 1 amide bonds. The maximum atomic E-state index is 10.4. The molecule has 0 bridgehead atoms. The molecule has 14 heavy (non-hydrogen) atoms. The van der Waals surface area contributed by atoms with Gasteiger partial charge < -0.3 is 30.5 Å². The lowest BCUT2D eigenvalue weighted by molar-refractivity contribution is -0.253. The third-order valence-electron chi connectivity index (χ3n) is 2.13. The fourth-order valence-electron chi connectivity index (χ4n) is 1.32. The summed E-state index contributed by atoms with van der Waals surface area (Å²) in [4.78, 5) is 10.4. The molecular weight excluding hydrogens is 194 g/mol. The number of hydrogen-bond donors (Lipinski definition) is 5. The van der Waals surface area contributed by atoms with Gasteiger partial charge in [-0.2, -0.15) is 0 Å². The average molecular weight is 208 g/mol. The molecule has 0 aromatic rings. The molecule has 1 heterocycles. The highest BCUT2D eigenvalue weighted by Gasteiger charge is 2.43. The van der Waals surface area contributed by atoms with Gasteiger partial charge in [0.15, 0.2) is 6.29 Å². The average Bonchev–Trinajstić information content (AvgIpc) is 2.18. The van der Waals surface area contributed by atoms with Crippen molar-refractivity contribution in [2.45, 2.75) is 30.6 Å². The van der Waals surface area contributed by atoms with Crippen LogP contribution in [0.4, 0.5) is 0 Å². The van der Waals surface area contributed by atoms with E-state index in [-0.39, 0.29) is 0 Å². The molecule has 0 spiro atoms. The second-order valence-electron chi connectivity index (χ2n) is 3.00. The van der Waals surface area contributed by atoms with Gasteiger partial charge in [0, 0.05) is 0 Å². The van der Waals surface area contributed by atoms with Crippen LogP contribution < -0.4 is 5.32 Å². The molecule has 0 aliphatic carbocycles. The molecule has 1 fully saturated rings. The van der Waals surface area contributed by atoms with Crippen LogP contribution in [0.5, 0.6) is 0 Å². The van der Waals surface area contributed by atoms with E-state index in [0.717, 1.165) is 0 Å². The minimum atomic E-state index is -1.57. The minimum Gasteiger partial charge on any atom is -0.394 e. The molecule has 0 aromatic carbocycles. The largest absolute Gasteiger partial charge is 0.394 e. The van der Waals surface area contributed by atoms with Gasteiger partial charge in [0.2, 0.25) is 6.39 Å². The van der Waals surface area contributed by atoms with E-state index >= 15 is 0 Å². The highest BCUT2D eigenvalue weighted by molar-refractivity contribution is 5.47. The lowest BCUT2D eigenvalue weighted by Gasteiger charge is -2.39. The quantitative estimate of drug-likeness (QED) is 0.301. The molecule has 1 aliphatic rings. The highest BCUT2D eigenvalue weighted by atomic mass is 16.6. The second kappa shape index (κ2) is 4.67. The molecule has 1 rings (SSSR count). The van der Waals surface area contributed by atoms with Crippen molar-refractivity contribution in [3.05, 3.63) is 0 Å². The molecule has 5 N–H and O–H groups in total. The Hall–Kier alpha value is -0.730. The number of amides is 1. The van der Waals surface area contributed by atoms with Crippen molar-refractivity contribution in [3.63, 3.8) is 0 Å². The normalized spacial score (nSPS) is 44.3. The molecule has 0 saturated carbocycles. The van der Waals surface area contributed by atoms with E-state index in [1.807, 2.05) is 5.32 Å². The van der Waals surface area contributed by atoms with Crippen molar-refractivity contribution in [2.24, 2.45) is 0 Å². The van der Waals surface area contributed by atoms with Gasteiger partial charge in [-0.3, -0.25) is 4.79 Å². The van der Waals surface area contributed by atoms with Gasteiger partial charge in [-0.05, 0) is 0 Å². The summed E-state index contributed by atoms with van der Waals surface area (Å²) in [5, 5.41) is 38.8. The van der Waals surface area contributed by atoms with E-state index in [9.17, 15) is 20.1 Å². The number of aliphatic hydroxyl groups is 4. The molecule has 1 saturated heterocycles. The summed E-state index contributed by atoms with van der Waals surface area (Å²) in [6, 6.07) is -1.28. The van der Waals surface area contributed by atoms with Gasteiger partial charge in [-0.15, -0.1) is 0 Å². The Bertz CT molecular complexity index is 240. The van der Waals surface area contributed by atoms with Crippen LogP contribution in [-0.2, 0) is 9.53 Å². The monoisotopic (exact) mass is 208 g/mol. The van der Waals surface area contributed by atoms with Gasteiger partial charge in [0.25, 0.3) is 0 Å². The van der Waals surface area contributed by atoms with Gasteiger partial charge in [-0.25, -0.2) is 0 Å². The number of rotatable bonds is 2. The standard InChI is InChI=1S/C7H13NO6/c9-1-3-5(11)6(12)4(8-2-10)7(13)14-3/h2-7,9,11-13H,1H2,(H,8,10)/t3-,4-,5+,6-,7?/m1/s1/i2D. The third kappa shape index (κ3) is 2.02. The first-order valence-electron chi connectivity index (χ1n) is 4.55. The predicted molar refractivity (Wildman–Crippen MR) is 43.0 cm³/mol. The summed E-state index contributed by atoms with van der Waals surface area (Å²) in [6.45, 7) is -0.573. The fraction of sp³-hybridized carbons (Fsp3) is 0.857. The highest BCUT2D eigenvalue weighted by Crippen LogP contribution is 2.19. The second-order valence-corrected chi connectivity index (χ2v) is 3.00. The molecule has 1 aliphatic heterocycles. The lowest BCUT2D eigenvalue weighted by Crippen LogP contribution is -2.63. The smallest absolute Gasteiger partial charge is 0.207 e. The summed E-state index contributed by atoms with van der Waals surface area (Å²) < 4.78 is 11.3. The molecule has 82 valence electrons. The minimum absolute atomic E-state index is 0.573. The Kier molecular flexibility index (Phi) is 3.27. The molecule has 0 aromatic heterocycles. The fourth-order valence-corrected chi connectivity index (χ4v) is 1.32. The van der Waals surface area contributed by atoms with Crippen LogP contribution in [0, 0.1) is 0 Å². The predicted octanol–water partition coefficient (Wildman–Crippen LogP) is -3.47. The number of ether oxygens (including phenoxy) is 1. The van der Waals surface area contributed by atoms with Crippen molar-refractivity contribution in [1.29, 1.82) is 0 Å². The summed E-state index contributed by atoms with van der Waals surface area (Å²) in [7, 11) is 0. The summed E-state index contributed by atoms with van der Waals surface area (Å²) in [5.41, 5.74) is 0. The maximum Gasteiger partial charge on any atom is 0.207 e. The first kappa shape index (κ1) is 9.81. The number of carbonyl (C=O) groups excluding carboxylic acids is 1. The Balaban J connectivity index is 2.70. The SMILES string of the molecule is [2H]C(=O)N[C@H]1C(O)O[C@H](CO)[C@H](O)[C@@H]1O. The zero-order chi connectivity index (χ0) is 11.6. The van der Waals surface area contributed by atoms with Crippen molar-refractivity contribution in [1.82, 2.24) is 5.32 Å². The van der Waals surface area contributed by atoms with Crippen molar-refractivity contribution >= 4 is 6.39 Å². The van der Waals surface area contributed by atoms with Crippen LogP contribution in [-0.4, -0.2) is 64.1 Å². The Labute approximate surface area is 81.3 Å². The summed E-state index contributed by atoms with van der Waals surface area (Å²) in [5.74, 6) is 0. The number of aliphatic hydroxyl groups excluding tert-OH is 4. The zero-order valence-electron chi connectivity index (χ0n) is 8.20. The van der Waals surface area contributed by atoms with Crippen LogP contribution in [0.2, 0.25) is 0 Å². The van der Waals surface area contributed by atoms with Crippen LogP contribution in [0.15, 0.2) is 0 Å². The van der Waals surface area contributed by atoms with Crippen molar-refractivity contribution < 1.29 is 31.3 Å². The first-order valence-corrected chi connectivity index (χ1v) is 4.05. The number of hydrogen-bond acceptors (Lipinski definition) is 6. The first-order chi connectivity index (χ1) is 6.97. The van der Waals surface area contributed by atoms with Crippen molar-refractivity contribution in [2.75, 3.05) is 6.61 Å². The van der Waals surface area contributed by atoms with Crippen LogP contribution in [0.25, 0.3) is 0 Å². The van der Waals surface area contributed by atoms with E-state index < -0.39 is 43.6 Å². The van der Waals surface area contributed by atoms with E-state index in [1.165, 1.54) is 0 Å². The summed E-state index contributed by atoms with van der Waals surface area (Å²) >= 11 is 0. The molecule has 0 radical (unpaired) electrons. The molecule has 1 unspecified atom stereocenters. The van der Waals surface area contributed by atoms with Gasteiger partial charge >= 0.3 is 0 Å². The molecule has 5 atom stereocenters. The van der Waals surface area contributed by atoms with Gasteiger partial charge in [0.05, 0.1) is 6.61 Å². The van der Waals surface area contributed by atoms with E-state index in [1.54, 1.807) is 0 Å². The summed E-state index contributed by atoms with van der Waals surface area (Å²) in [6.07, 6.45) is -6.84. The van der Waals surface area contributed by atoms with Crippen molar-refractivity contribution in [3.8, 4) is 0 Å². The molecule has 7 heteroatoms. The third-order valence-corrected chi connectivity index (χ3v) is 2.13. The molecular formula is C7H13NO6. The van der Waals surface area contributed by atoms with E-state index in [4.69, 9.17) is 11.2 Å². The van der Waals surface area contributed by atoms with E-state index in [0.29, 0.717) is 0 Å². The topological polar surface area (TPSA) is 119 Å². The van der Waals surface area contributed by atoms with Crippen LogP contribution in [0.1, 0.15) is 1.37 Å². The van der Waals surface area contributed by atoms with E-state index in [2.05, 4.69) is 0 Å². The lowest BCUT2D eigenvalue weighted by atomic mass is 9.97. The van der Waals surface area contributed by atoms with Crippen LogP contribution in [0.3, 0.4) is 0 Å². The maximum absolute atomic E-state index is 10.4. The number of nitrogens with one attached hydrogen (secondary N) is 1.